The molecule has 1 rings (SSSR count). The zero-order chi connectivity index (χ0) is 13.9. The maximum atomic E-state index is 5.80. The molecule has 0 aromatic carbocycles. The molecule has 19 heavy (non-hydrogen) atoms. The topological polar surface area (TPSA) is 54.7 Å². The molecular formula is C16H31N3. The molecule has 0 saturated heterocycles. The highest BCUT2D eigenvalue weighted by molar-refractivity contribution is 5.04. The van der Waals surface area contributed by atoms with Crippen LogP contribution in [0.4, 0.5) is 0 Å². The number of hydrogen-bond acceptors (Lipinski definition) is 2. The third-order valence-electron chi connectivity index (χ3n) is 3.66. The first-order valence-electron chi connectivity index (χ1n) is 8.03. The summed E-state index contributed by atoms with van der Waals surface area (Å²) in [5.41, 5.74) is 6.85. The highest BCUT2D eigenvalue weighted by Crippen LogP contribution is 2.12. The minimum absolute atomic E-state index is 0.0596. The molecule has 1 heterocycles. The van der Waals surface area contributed by atoms with Crippen LogP contribution in [0.3, 0.4) is 0 Å². The number of aromatic amines is 1. The average Bonchev–Trinajstić information content (AvgIpc) is 2.86. The lowest BCUT2D eigenvalue weighted by Crippen LogP contribution is -2.05. The van der Waals surface area contributed by atoms with E-state index in [4.69, 9.17) is 5.73 Å². The van der Waals surface area contributed by atoms with Gasteiger partial charge in [-0.1, -0.05) is 58.3 Å². The lowest BCUT2D eigenvalue weighted by Gasteiger charge is -2.02. The van der Waals surface area contributed by atoms with Crippen molar-refractivity contribution in [2.75, 3.05) is 0 Å². The molecule has 3 heteroatoms. The molecule has 1 atom stereocenters. The standard InChI is InChI=1S/C16H31N3/c1-3-4-5-6-7-8-9-10-11-12-16-18-13-15(19-16)14(2)17/h13-14H,3-12,17H2,1-2H3,(H,18,19). The molecule has 3 nitrogen and oxygen atoms in total. The molecule has 0 fully saturated rings. The van der Waals surface area contributed by atoms with Gasteiger partial charge in [0.05, 0.1) is 5.69 Å². The van der Waals surface area contributed by atoms with E-state index < -0.39 is 0 Å². The van der Waals surface area contributed by atoms with Gasteiger partial charge in [-0.2, -0.15) is 0 Å². The van der Waals surface area contributed by atoms with E-state index >= 15 is 0 Å². The van der Waals surface area contributed by atoms with Crippen LogP contribution >= 0.6 is 0 Å². The fourth-order valence-corrected chi connectivity index (χ4v) is 2.34. The summed E-state index contributed by atoms with van der Waals surface area (Å²) in [6.07, 6.45) is 15.2. The Labute approximate surface area is 118 Å². The molecule has 110 valence electrons. The third-order valence-corrected chi connectivity index (χ3v) is 3.66. The maximum Gasteiger partial charge on any atom is 0.106 e. The zero-order valence-corrected chi connectivity index (χ0v) is 12.8. The molecule has 0 aliphatic rings. The van der Waals surface area contributed by atoms with E-state index in [1.165, 1.54) is 57.8 Å². The Morgan fingerprint density at radius 2 is 1.63 bits per heavy atom. The first-order chi connectivity index (χ1) is 9.24. The number of hydrogen-bond donors (Lipinski definition) is 2. The molecule has 1 unspecified atom stereocenters. The van der Waals surface area contributed by atoms with Gasteiger partial charge in [0.15, 0.2) is 0 Å². The Hall–Kier alpha value is -0.830. The van der Waals surface area contributed by atoms with Crippen molar-refractivity contribution in [2.24, 2.45) is 5.73 Å². The zero-order valence-electron chi connectivity index (χ0n) is 12.8. The average molecular weight is 265 g/mol. The lowest BCUT2D eigenvalue weighted by molar-refractivity contribution is 0.562. The summed E-state index contributed by atoms with van der Waals surface area (Å²) in [4.78, 5) is 7.67. The van der Waals surface area contributed by atoms with Gasteiger partial charge in [0.2, 0.25) is 0 Å². The van der Waals surface area contributed by atoms with Crippen LogP contribution < -0.4 is 5.73 Å². The van der Waals surface area contributed by atoms with Crippen molar-refractivity contribution in [1.29, 1.82) is 0 Å². The fourth-order valence-electron chi connectivity index (χ4n) is 2.34. The number of nitrogens with one attached hydrogen (secondary N) is 1. The van der Waals surface area contributed by atoms with Gasteiger partial charge in [0.1, 0.15) is 5.82 Å². The SMILES string of the molecule is CCCCCCCCCCCc1ncc(C(C)N)[nH]1. The predicted octanol–water partition coefficient (Wildman–Crippen LogP) is 4.50. The maximum absolute atomic E-state index is 5.80. The number of imidazole rings is 1. The molecule has 1 aromatic heterocycles. The van der Waals surface area contributed by atoms with Crippen LogP contribution in [0, 0.1) is 0 Å². The van der Waals surface area contributed by atoms with Gasteiger partial charge in [-0.05, 0) is 13.3 Å². The number of nitrogens with two attached hydrogens (primary N) is 1. The minimum Gasteiger partial charge on any atom is -0.345 e. The molecule has 0 saturated carbocycles. The van der Waals surface area contributed by atoms with Gasteiger partial charge < -0.3 is 10.7 Å². The predicted molar refractivity (Wildman–Crippen MR) is 82.1 cm³/mol. The van der Waals surface area contributed by atoms with Crippen LogP contribution in [0.1, 0.15) is 89.2 Å². The molecule has 0 aliphatic carbocycles. The monoisotopic (exact) mass is 265 g/mol. The fraction of sp³-hybridized carbons (Fsp3) is 0.812. The summed E-state index contributed by atoms with van der Waals surface area (Å²) >= 11 is 0. The second-order valence-corrected chi connectivity index (χ2v) is 5.65. The van der Waals surface area contributed by atoms with Gasteiger partial charge >= 0.3 is 0 Å². The Morgan fingerprint density at radius 3 is 2.16 bits per heavy atom. The van der Waals surface area contributed by atoms with Crippen LogP contribution in [0.15, 0.2) is 6.20 Å². The molecule has 0 amide bonds. The van der Waals surface area contributed by atoms with Crippen molar-refractivity contribution in [1.82, 2.24) is 9.97 Å². The second kappa shape index (κ2) is 10.0. The number of rotatable bonds is 11. The molecule has 1 aromatic rings. The highest BCUT2D eigenvalue weighted by atomic mass is 14.9. The summed E-state index contributed by atoms with van der Waals surface area (Å²) in [5.74, 6) is 1.09. The van der Waals surface area contributed by atoms with Crippen molar-refractivity contribution in [3.05, 3.63) is 17.7 Å². The van der Waals surface area contributed by atoms with Crippen molar-refractivity contribution in [3.63, 3.8) is 0 Å². The lowest BCUT2D eigenvalue weighted by atomic mass is 10.1. The van der Waals surface area contributed by atoms with E-state index in [2.05, 4.69) is 16.9 Å². The van der Waals surface area contributed by atoms with Gasteiger partial charge in [0, 0.05) is 18.7 Å². The third kappa shape index (κ3) is 7.36. The van der Waals surface area contributed by atoms with Gasteiger partial charge in [0.25, 0.3) is 0 Å². The Morgan fingerprint density at radius 1 is 1.05 bits per heavy atom. The van der Waals surface area contributed by atoms with Crippen LogP contribution in [0.2, 0.25) is 0 Å². The Balaban J connectivity index is 1.95. The first kappa shape index (κ1) is 16.2. The molecule has 0 radical (unpaired) electrons. The first-order valence-corrected chi connectivity index (χ1v) is 8.03. The summed E-state index contributed by atoms with van der Waals surface area (Å²) in [5, 5.41) is 0. The van der Waals surface area contributed by atoms with Gasteiger partial charge in [-0.25, -0.2) is 4.98 Å². The Bertz CT molecular complexity index is 318. The summed E-state index contributed by atoms with van der Waals surface area (Å²) in [6.45, 7) is 4.25. The quantitative estimate of drug-likeness (QED) is 0.579. The van der Waals surface area contributed by atoms with Crippen LogP contribution in [0.25, 0.3) is 0 Å². The van der Waals surface area contributed by atoms with E-state index in [1.807, 2.05) is 13.1 Å². The van der Waals surface area contributed by atoms with E-state index in [0.29, 0.717) is 0 Å². The van der Waals surface area contributed by atoms with Crippen molar-refractivity contribution in [2.45, 2.75) is 84.1 Å². The normalized spacial score (nSPS) is 12.8. The largest absolute Gasteiger partial charge is 0.345 e. The van der Waals surface area contributed by atoms with Crippen molar-refractivity contribution >= 4 is 0 Å². The molecule has 0 bridgehead atoms. The Kier molecular flexibility index (Phi) is 8.55. The molecule has 0 spiro atoms. The number of aryl methyl sites for hydroxylation is 1. The summed E-state index contributed by atoms with van der Waals surface area (Å²) in [7, 11) is 0. The van der Waals surface area contributed by atoms with E-state index in [-0.39, 0.29) is 6.04 Å². The van der Waals surface area contributed by atoms with Crippen LogP contribution in [-0.4, -0.2) is 9.97 Å². The number of aromatic nitrogens is 2. The minimum atomic E-state index is 0.0596. The summed E-state index contributed by atoms with van der Waals surface area (Å²) < 4.78 is 0. The number of nitrogens with zero attached hydrogens (tertiary/aromatic N) is 1. The van der Waals surface area contributed by atoms with Gasteiger partial charge in [-0.15, -0.1) is 0 Å². The van der Waals surface area contributed by atoms with E-state index in [1.54, 1.807) is 0 Å². The highest BCUT2D eigenvalue weighted by Gasteiger charge is 2.03. The van der Waals surface area contributed by atoms with Crippen LogP contribution in [0.5, 0.6) is 0 Å². The molecule has 0 aliphatic heterocycles. The summed E-state index contributed by atoms with van der Waals surface area (Å²) in [6, 6.07) is 0.0596. The van der Waals surface area contributed by atoms with Gasteiger partial charge in [-0.3, -0.25) is 0 Å². The second-order valence-electron chi connectivity index (χ2n) is 5.65. The van der Waals surface area contributed by atoms with Crippen LogP contribution in [-0.2, 0) is 6.42 Å². The number of H-pyrrole nitrogens is 1. The molecular weight excluding hydrogens is 234 g/mol. The van der Waals surface area contributed by atoms with Crippen molar-refractivity contribution in [3.8, 4) is 0 Å². The smallest absolute Gasteiger partial charge is 0.106 e. The molecule has 3 N–H and O–H groups in total. The number of unbranched alkanes of at least 4 members (excludes halogenated alkanes) is 8. The van der Waals surface area contributed by atoms with E-state index in [0.717, 1.165) is 17.9 Å². The van der Waals surface area contributed by atoms with Crippen molar-refractivity contribution < 1.29 is 0 Å². The van der Waals surface area contributed by atoms with E-state index in [9.17, 15) is 0 Å².